The lowest BCUT2D eigenvalue weighted by Crippen LogP contribution is -2.30. The summed E-state index contributed by atoms with van der Waals surface area (Å²) in [4.78, 5) is 28.0. The fraction of sp³-hybridized carbons (Fsp3) is 0.500. The van der Waals surface area contributed by atoms with E-state index in [0.29, 0.717) is 18.8 Å². The minimum atomic E-state index is -0.355. The molecule has 6 heteroatoms. The first-order valence-corrected chi connectivity index (χ1v) is 7.48. The van der Waals surface area contributed by atoms with Crippen molar-refractivity contribution in [2.45, 2.75) is 12.8 Å². The van der Waals surface area contributed by atoms with Crippen LogP contribution in [0.4, 0.5) is 5.69 Å². The Morgan fingerprint density at radius 1 is 1.41 bits per heavy atom. The molecule has 1 aliphatic rings. The quantitative estimate of drug-likeness (QED) is 0.773. The molecule has 0 bridgehead atoms. The van der Waals surface area contributed by atoms with Gasteiger partial charge in [0.05, 0.1) is 11.6 Å². The van der Waals surface area contributed by atoms with Gasteiger partial charge in [0, 0.05) is 19.5 Å². The summed E-state index contributed by atoms with van der Waals surface area (Å²) in [6.07, 6.45) is 1.13. The number of carbonyl (C=O) groups excluding carboxylic acids is 2. The van der Waals surface area contributed by atoms with E-state index in [-0.39, 0.29) is 29.9 Å². The molecule has 0 aliphatic carbocycles. The molecular weight excluding hydrogens is 282 g/mol. The summed E-state index contributed by atoms with van der Waals surface area (Å²) >= 11 is 0. The van der Waals surface area contributed by atoms with E-state index < -0.39 is 0 Å². The Morgan fingerprint density at radius 2 is 2.14 bits per heavy atom. The van der Waals surface area contributed by atoms with Crippen LogP contribution in [0.1, 0.15) is 12.8 Å². The highest BCUT2D eigenvalue weighted by molar-refractivity contribution is 5.98. The lowest BCUT2D eigenvalue weighted by atomic mass is 10.1. The van der Waals surface area contributed by atoms with Crippen molar-refractivity contribution in [3.05, 3.63) is 24.3 Å². The summed E-state index contributed by atoms with van der Waals surface area (Å²) in [5.41, 5.74) is 0.381. The zero-order valence-electron chi connectivity index (χ0n) is 13.1. The van der Waals surface area contributed by atoms with Crippen molar-refractivity contribution < 1.29 is 14.7 Å². The van der Waals surface area contributed by atoms with E-state index in [1.807, 2.05) is 14.1 Å². The van der Waals surface area contributed by atoms with Crippen LogP contribution in [0.25, 0.3) is 0 Å². The molecule has 2 rings (SSSR count). The topological polar surface area (TPSA) is 72.9 Å². The van der Waals surface area contributed by atoms with Crippen molar-refractivity contribution >= 4 is 17.5 Å². The molecule has 120 valence electrons. The predicted molar refractivity (Wildman–Crippen MR) is 84.6 cm³/mol. The Bertz CT molecular complexity index is 545. The van der Waals surface area contributed by atoms with Gasteiger partial charge in [-0.25, -0.2) is 0 Å². The van der Waals surface area contributed by atoms with Crippen LogP contribution >= 0.6 is 0 Å². The number of nitrogens with one attached hydrogen (secondary N) is 1. The summed E-state index contributed by atoms with van der Waals surface area (Å²) < 4.78 is 0. The molecule has 22 heavy (non-hydrogen) atoms. The molecule has 6 nitrogen and oxygen atoms in total. The summed E-state index contributed by atoms with van der Waals surface area (Å²) in [6, 6.07) is 6.58. The molecule has 1 fully saturated rings. The van der Waals surface area contributed by atoms with Crippen LogP contribution in [-0.2, 0) is 9.59 Å². The van der Waals surface area contributed by atoms with E-state index in [2.05, 4.69) is 10.2 Å². The largest absolute Gasteiger partial charge is 0.506 e. The first kappa shape index (κ1) is 16.3. The molecule has 1 saturated heterocycles. The molecule has 0 saturated carbocycles. The number of para-hydroxylation sites is 2. The SMILES string of the molecule is CN(C)CCCN1CC(C(=O)Nc2ccccc2O)CC1=O. The Balaban J connectivity index is 1.87. The van der Waals surface area contributed by atoms with Crippen LogP contribution in [-0.4, -0.2) is 60.5 Å². The van der Waals surface area contributed by atoms with Gasteiger partial charge in [0.1, 0.15) is 5.75 Å². The fourth-order valence-corrected chi connectivity index (χ4v) is 2.56. The number of likely N-dealkylation sites (tertiary alicyclic amines) is 1. The first-order chi connectivity index (χ1) is 10.5. The van der Waals surface area contributed by atoms with Crippen LogP contribution in [0.2, 0.25) is 0 Å². The van der Waals surface area contributed by atoms with Crippen LogP contribution in [0, 0.1) is 5.92 Å². The van der Waals surface area contributed by atoms with Gasteiger partial charge in [-0.2, -0.15) is 0 Å². The number of phenols is 1. The minimum absolute atomic E-state index is 0.0242. The van der Waals surface area contributed by atoms with Crippen molar-refractivity contribution in [1.29, 1.82) is 0 Å². The molecule has 0 aromatic heterocycles. The second-order valence-electron chi connectivity index (χ2n) is 5.90. The van der Waals surface area contributed by atoms with Crippen LogP contribution in [0.15, 0.2) is 24.3 Å². The van der Waals surface area contributed by atoms with Crippen molar-refractivity contribution in [3.63, 3.8) is 0 Å². The molecule has 2 amide bonds. The van der Waals surface area contributed by atoms with Gasteiger partial charge in [-0.1, -0.05) is 12.1 Å². The van der Waals surface area contributed by atoms with Gasteiger partial charge >= 0.3 is 0 Å². The smallest absolute Gasteiger partial charge is 0.229 e. The Labute approximate surface area is 130 Å². The van der Waals surface area contributed by atoms with E-state index in [4.69, 9.17) is 0 Å². The lowest BCUT2D eigenvalue weighted by Gasteiger charge is -2.18. The summed E-state index contributed by atoms with van der Waals surface area (Å²) in [6.45, 7) is 2.04. The number of nitrogens with zero attached hydrogens (tertiary/aromatic N) is 2. The Morgan fingerprint density at radius 3 is 2.82 bits per heavy atom. The summed E-state index contributed by atoms with van der Waals surface area (Å²) in [5, 5.41) is 12.4. The second kappa shape index (κ2) is 7.26. The molecule has 1 unspecified atom stereocenters. The molecule has 1 aliphatic heterocycles. The highest BCUT2D eigenvalue weighted by atomic mass is 16.3. The van der Waals surface area contributed by atoms with Gasteiger partial charge in [0.15, 0.2) is 0 Å². The van der Waals surface area contributed by atoms with Crippen molar-refractivity contribution in [3.8, 4) is 5.75 Å². The van der Waals surface area contributed by atoms with Crippen LogP contribution in [0.3, 0.4) is 0 Å². The van der Waals surface area contributed by atoms with Gasteiger partial charge in [0.25, 0.3) is 0 Å². The molecule has 1 aromatic carbocycles. The number of anilines is 1. The van der Waals surface area contributed by atoms with Gasteiger partial charge < -0.3 is 20.2 Å². The van der Waals surface area contributed by atoms with E-state index >= 15 is 0 Å². The number of rotatable bonds is 6. The number of hydrogen-bond donors (Lipinski definition) is 2. The van der Waals surface area contributed by atoms with Gasteiger partial charge in [-0.15, -0.1) is 0 Å². The third-order valence-corrected chi connectivity index (χ3v) is 3.78. The molecule has 1 aromatic rings. The molecule has 0 spiro atoms. The van der Waals surface area contributed by atoms with Crippen molar-refractivity contribution in [2.24, 2.45) is 5.92 Å². The summed E-state index contributed by atoms with van der Waals surface area (Å²) in [5.74, 6) is -0.518. The Kier molecular flexibility index (Phi) is 5.38. The third kappa shape index (κ3) is 4.21. The molecule has 1 atom stereocenters. The maximum absolute atomic E-state index is 12.2. The maximum atomic E-state index is 12.2. The van der Waals surface area contributed by atoms with E-state index in [1.54, 1.807) is 23.1 Å². The van der Waals surface area contributed by atoms with E-state index in [1.165, 1.54) is 6.07 Å². The number of aromatic hydroxyl groups is 1. The second-order valence-corrected chi connectivity index (χ2v) is 5.90. The number of carbonyl (C=O) groups is 2. The summed E-state index contributed by atoms with van der Waals surface area (Å²) in [7, 11) is 3.99. The standard InChI is InChI=1S/C16H23N3O3/c1-18(2)8-5-9-19-11-12(10-15(19)21)16(22)17-13-6-3-4-7-14(13)20/h3-4,6-7,12,20H,5,8-11H2,1-2H3,(H,17,22). The number of amides is 2. The van der Waals surface area contributed by atoms with Gasteiger partial charge in [-0.05, 0) is 39.2 Å². The average molecular weight is 305 g/mol. The number of phenolic OH excluding ortho intramolecular Hbond substituents is 1. The number of benzene rings is 1. The highest BCUT2D eigenvalue weighted by Crippen LogP contribution is 2.24. The predicted octanol–water partition coefficient (Wildman–Crippen LogP) is 1.13. The zero-order chi connectivity index (χ0) is 16.1. The fourth-order valence-electron chi connectivity index (χ4n) is 2.56. The van der Waals surface area contributed by atoms with E-state index in [9.17, 15) is 14.7 Å². The lowest BCUT2D eigenvalue weighted by molar-refractivity contribution is -0.128. The number of hydrogen-bond acceptors (Lipinski definition) is 4. The zero-order valence-corrected chi connectivity index (χ0v) is 13.1. The minimum Gasteiger partial charge on any atom is -0.506 e. The van der Waals surface area contributed by atoms with Crippen LogP contribution in [0.5, 0.6) is 5.75 Å². The molecule has 2 N–H and O–H groups in total. The molecular formula is C16H23N3O3. The molecule has 0 radical (unpaired) electrons. The van der Waals surface area contributed by atoms with Gasteiger partial charge in [0.2, 0.25) is 11.8 Å². The van der Waals surface area contributed by atoms with Crippen molar-refractivity contribution in [1.82, 2.24) is 9.80 Å². The molecule has 1 heterocycles. The highest BCUT2D eigenvalue weighted by Gasteiger charge is 2.34. The van der Waals surface area contributed by atoms with Crippen LogP contribution < -0.4 is 5.32 Å². The third-order valence-electron chi connectivity index (χ3n) is 3.78. The Hall–Kier alpha value is -2.08. The maximum Gasteiger partial charge on any atom is 0.229 e. The monoisotopic (exact) mass is 305 g/mol. The average Bonchev–Trinajstić information content (AvgIpc) is 2.83. The normalized spacial score (nSPS) is 18.0. The van der Waals surface area contributed by atoms with E-state index in [0.717, 1.165) is 13.0 Å². The first-order valence-electron chi connectivity index (χ1n) is 7.48. The van der Waals surface area contributed by atoms with Crippen molar-refractivity contribution in [2.75, 3.05) is 39.0 Å². The van der Waals surface area contributed by atoms with Gasteiger partial charge in [-0.3, -0.25) is 9.59 Å².